The van der Waals surface area contributed by atoms with Gasteiger partial charge >= 0.3 is 39.9 Å². The zero-order valence-corrected chi connectivity index (χ0v) is 6.94. The smallest absolute Gasteiger partial charge is 1.00 e. The van der Waals surface area contributed by atoms with Crippen LogP contribution in [0.2, 0.25) is 0 Å². The number of nitriles is 1. The van der Waals surface area contributed by atoms with E-state index >= 15 is 0 Å². The predicted molar refractivity (Wildman–Crippen MR) is 21.4 cm³/mol. The molecule has 0 aromatic rings. The Hall–Kier alpha value is 0.200. The number of nitrogens with zero attached hydrogens (tertiary/aromatic N) is 1. The second-order valence-electron chi connectivity index (χ2n) is 0.689. The van der Waals surface area contributed by atoms with Crippen molar-refractivity contribution in [1.29, 1.82) is 5.26 Å². The summed E-state index contributed by atoms with van der Waals surface area (Å²) in [4.78, 5) is 0. The average molecular weight is 146 g/mol. The second-order valence-corrected chi connectivity index (χ2v) is 1.84. The van der Waals surface area contributed by atoms with Gasteiger partial charge in [-0.15, -0.1) is 0 Å². The Bertz CT molecular complexity index is 182. The van der Waals surface area contributed by atoms with E-state index in [2.05, 4.69) is 0 Å². The van der Waals surface area contributed by atoms with Crippen LogP contribution in [0.15, 0.2) is 0 Å². The van der Waals surface area contributed by atoms with Crippen LogP contribution >= 0.6 is 0 Å². The largest absolute Gasteiger partial charge is 1.00 e. The second kappa shape index (κ2) is 4.12. The van der Waals surface area contributed by atoms with Crippen molar-refractivity contribution < 1.29 is 44.0 Å². The molecule has 0 spiro atoms. The van der Waals surface area contributed by atoms with E-state index in [1.165, 1.54) is 0 Å². The van der Waals surface area contributed by atoms with Crippen molar-refractivity contribution in [3.8, 4) is 6.19 Å². The first-order chi connectivity index (χ1) is 3.06. The average Bonchev–Trinajstić information content (AvgIpc) is 1.30. The van der Waals surface area contributed by atoms with E-state index in [0.29, 0.717) is 0 Å². The molecule has 0 bridgehead atoms. The Morgan fingerprint density at radius 1 is 1.75 bits per heavy atom. The summed E-state index contributed by atoms with van der Waals surface area (Å²) in [5, 5.41) is 7.50. The van der Waals surface area contributed by atoms with Crippen LogP contribution in [0.1, 0.15) is 1.43 Å². The summed E-state index contributed by atoms with van der Waals surface area (Å²) in [7, 11) is -4.29. The maximum Gasteiger partial charge on any atom is 1.00 e. The first-order valence-electron chi connectivity index (χ1n) is 1.19. The van der Waals surface area contributed by atoms with E-state index in [1.54, 1.807) is 0 Å². The minimum absolute atomic E-state index is 0. The molecule has 0 amide bonds. The fourth-order valence-corrected chi connectivity index (χ4v) is 0.173. The molecule has 0 unspecified atom stereocenters. The van der Waals surface area contributed by atoms with Crippen molar-refractivity contribution in [3.63, 3.8) is 0 Å². The van der Waals surface area contributed by atoms with E-state index in [9.17, 15) is 8.42 Å². The van der Waals surface area contributed by atoms with Crippen molar-refractivity contribution in [1.82, 2.24) is 4.72 Å². The fraction of sp³-hybridized carbons (Fsp3) is 0. The van der Waals surface area contributed by atoms with Gasteiger partial charge < -0.3 is 1.43 Å². The quantitative estimate of drug-likeness (QED) is 0.170. The number of hydrogen-bond acceptors (Lipinski definition) is 3. The molecule has 0 aliphatic heterocycles. The maximum absolute atomic E-state index is 9.45. The van der Waals surface area contributed by atoms with Gasteiger partial charge in [0.05, 0.1) is 0 Å². The van der Waals surface area contributed by atoms with Crippen LogP contribution in [0.5, 0.6) is 0 Å². The van der Waals surface area contributed by atoms with Crippen LogP contribution in [-0.4, -0.2) is 13.0 Å². The standard InChI is InChI=1S/CH2N2O3S.Na.H/c2-1-3-7(4,5)6;;/h3H,(H,4,5,6);;/q;+1;-1. The Morgan fingerprint density at radius 3 is 2.12 bits per heavy atom. The molecular weight excluding hydrogens is 143 g/mol. The van der Waals surface area contributed by atoms with Crippen molar-refractivity contribution in [2.75, 3.05) is 0 Å². The summed E-state index contributed by atoms with van der Waals surface area (Å²) in [5.41, 5.74) is 0. The van der Waals surface area contributed by atoms with Crippen molar-refractivity contribution >= 4 is 10.3 Å². The molecule has 0 aromatic carbocycles. The normalized spacial score (nSPS) is 8.50. The molecule has 0 aliphatic rings. The molecular formula is CH3N2NaO3S. The van der Waals surface area contributed by atoms with Gasteiger partial charge in [-0.25, -0.2) is 0 Å². The van der Waals surface area contributed by atoms with Gasteiger partial charge in [-0.1, -0.05) is 0 Å². The van der Waals surface area contributed by atoms with Crippen LogP contribution in [0.25, 0.3) is 0 Å². The zero-order chi connectivity index (χ0) is 5.91. The zero-order valence-electron chi connectivity index (χ0n) is 5.12. The summed E-state index contributed by atoms with van der Waals surface area (Å²) in [6.45, 7) is 0. The minimum atomic E-state index is -4.29. The van der Waals surface area contributed by atoms with Gasteiger partial charge in [0, 0.05) is 0 Å². The monoisotopic (exact) mass is 146 g/mol. The van der Waals surface area contributed by atoms with Crippen LogP contribution in [0.4, 0.5) is 0 Å². The maximum atomic E-state index is 9.45. The minimum Gasteiger partial charge on any atom is -1.00 e. The van der Waals surface area contributed by atoms with E-state index in [-0.39, 0.29) is 31.0 Å². The number of rotatable bonds is 1. The third-order valence-electron chi connectivity index (χ3n) is 0.175. The van der Waals surface area contributed by atoms with Gasteiger partial charge in [0.1, 0.15) is 0 Å². The molecule has 0 aliphatic carbocycles. The third-order valence-corrected chi connectivity index (χ3v) is 0.524. The van der Waals surface area contributed by atoms with Crippen molar-refractivity contribution in [2.24, 2.45) is 0 Å². The van der Waals surface area contributed by atoms with Crippen LogP contribution in [-0.2, 0) is 10.3 Å². The first kappa shape index (κ1) is 11.1. The summed E-state index contributed by atoms with van der Waals surface area (Å²) in [6.07, 6.45) is 1.02. The van der Waals surface area contributed by atoms with Crippen molar-refractivity contribution in [2.45, 2.75) is 0 Å². The Balaban J connectivity index is -0.000000180. The van der Waals surface area contributed by atoms with E-state index in [1.807, 2.05) is 0 Å². The van der Waals surface area contributed by atoms with Gasteiger partial charge in [0.25, 0.3) is 0 Å². The predicted octanol–water partition coefficient (Wildman–Crippen LogP) is -4.02. The molecule has 0 rings (SSSR count). The van der Waals surface area contributed by atoms with Gasteiger partial charge in [0.15, 0.2) is 6.19 Å². The molecule has 42 valence electrons. The third kappa shape index (κ3) is 9.50. The molecule has 5 nitrogen and oxygen atoms in total. The Kier molecular flexibility index (Phi) is 5.69. The summed E-state index contributed by atoms with van der Waals surface area (Å²) in [6, 6.07) is 0. The molecule has 0 aromatic heterocycles. The molecule has 7 heteroatoms. The van der Waals surface area contributed by atoms with E-state index in [4.69, 9.17) is 9.81 Å². The molecule has 0 atom stereocenters. The molecule has 8 heavy (non-hydrogen) atoms. The molecule has 0 heterocycles. The Labute approximate surface area is 70.3 Å². The summed E-state index contributed by atoms with van der Waals surface area (Å²) >= 11 is 0. The van der Waals surface area contributed by atoms with Gasteiger partial charge in [-0.2, -0.15) is 18.4 Å². The molecule has 0 radical (unpaired) electrons. The van der Waals surface area contributed by atoms with Gasteiger partial charge in [-0.3, -0.25) is 4.55 Å². The van der Waals surface area contributed by atoms with Crippen LogP contribution in [0, 0.1) is 11.5 Å². The number of hydrogen-bond donors (Lipinski definition) is 2. The van der Waals surface area contributed by atoms with Gasteiger partial charge in [0.2, 0.25) is 0 Å². The summed E-state index contributed by atoms with van der Waals surface area (Å²) < 4.78 is 27.7. The number of nitrogens with one attached hydrogen (secondary N) is 1. The molecule has 2 N–H and O–H groups in total. The van der Waals surface area contributed by atoms with Gasteiger partial charge in [-0.05, 0) is 0 Å². The molecule has 0 saturated heterocycles. The van der Waals surface area contributed by atoms with E-state index < -0.39 is 10.3 Å². The fourth-order valence-electron chi connectivity index (χ4n) is 0.0577. The van der Waals surface area contributed by atoms with E-state index in [0.717, 1.165) is 10.9 Å². The summed E-state index contributed by atoms with van der Waals surface area (Å²) in [5.74, 6) is 0. The SMILES string of the molecule is N#CNS(=O)(=O)O.[H-].[Na+]. The topological polar surface area (TPSA) is 90.2 Å². The van der Waals surface area contributed by atoms with Crippen LogP contribution in [0.3, 0.4) is 0 Å². The molecule has 0 fully saturated rings. The van der Waals surface area contributed by atoms with Crippen LogP contribution < -0.4 is 34.3 Å². The first-order valence-corrected chi connectivity index (χ1v) is 2.63. The molecule has 0 saturated carbocycles. The van der Waals surface area contributed by atoms with Crippen molar-refractivity contribution in [3.05, 3.63) is 0 Å². The Morgan fingerprint density at radius 2 is 2.12 bits per heavy atom.